The smallest absolute Gasteiger partial charge is 0.272 e. The average molecular weight is 379 g/mol. The second-order valence-corrected chi connectivity index (χ2v) is 6.95. The van der Waals surface area contributed by atoms with Crippen LogP contribution in [0.5, 0.6) is 0 Å². The Morgan fingerprint density at radius 3 is 2.75 bits per heavy atom. The molecule has 0 atom stereocenters. The minimum atomic E-state index is -0.291. The second kappa shape index (κ2) is 7.94. The zero-order valence-electron chi connectivity index (χ0n) is 15.7. The number of nitrogens with zero attached hydrogens (tertiary/aromatic N) is 2. The Morgan fingerprint density at radius 2 is 1.96 bits per heavy atom. The molecule has 1 N–H and O–H groups in total. The van der Waals surface area contributed by atoms with Crippen LogP contribution in [0.25, 0.3) is 5.69 Å². The first-order chi connectivity index (χ1) is 13.7. The van der Waals surface area contributed by atoms with E-state index < -0.39 is 0 Å². The van der Waals surface area contributed by atoms with E-state index in [0.29, 0.717) is 18.8 Å². The predicted molar refractivity (Wildman–Crippen MR) is 104 cm³/mol. The molecule has 0 bridgehead atoms. The van der Waals surface area contributed by atoms with Crippen LogP contribution in [0.15, 0.2) is 48.5 Å². The molecule has 0 saturated heterocycles. The van der Waals surface area contributed by atoms with Crippen LogP contribution >= 0.6 is 0 Å². The van der Waals surface area contributed by atoms with E-state index in [9.17, 15) is 9.18 Å². The fraction of sp³-hybridized carbons (Fsp3) is 0.273. The Hall–Kier alpha value is -2.99. The molecule has 0 unspecified atom stereocenters. The Kier molecular flexibility index (Phi) is 5.21. The largest absolute Gasteiger partial charge is 0.380 e. The maximum Gasteiger partial charge on any atom is 0.272 e. The zero-order chi connectivity index (χ0) is 19.5. The summed E-state index contributed by atoms with van der Waals surface area (Å²) >= 11 is 0. The molecular weight excluding hydrogens is 357 g/mol. The van der Waals surface area contributed by atoms with Crippen LogP contribution in [0.1, 0.15) is 39.3 Å². The van der Waals surface area contributed by atoms with Gasteiger partial charge in [0, 0.05) is 24.9 Å². The van der Waals surface area contributed by atoms with Crippen molar-refractivity contribution < 1.29 is 13.9 Å². The standard InChI is InChI=1S/C22H22FN3O2/c1-28-14-16-5-2-4-15(12-16)13-24-22(27)21-19-6-3-7-20(19)26(25-21)18-10-8-17(23)9-11-18/h2,4-5,8-12H,3,6-7,13-14H2,1H3,(H,24,27). The first-order valence-corrected chi connectivity index (χ1v) is 9.37. The Labute approximate surface area is 163 Å². The van der Waals surface area contributed by atoms with Crippen LogP contribution in [0, 0.1) is 5.82 Å². The molecule has 5 nitrogen and oxygen atoms in total. The number of amides is 1. The summed E-state index contributed by atoms with van der Waals surface area (Å²) in [5.74, 6) is -0.475. The number of hydrogen-bond donors (Lipinski definition) is 1. The molecule has 0 saturated carbocycles. The molecule has 0 radical (unpaired) electrons. The molecule has 1 heterocycles. The molecule has 1 amide bonds. The van der Waals surface area contributed by atoms with Crippen LogP contribution in [0.4, 0.5) is 4.39 Å². The summed E-state index contributed by atoms with van der Waals surface area (Å²) < 4.78 is 20.2. The molecule has 2 aromatic carbocycles. The fourth-order valence-corrected chi connectivity index (χ4v) is 3.68. The van der Waals surface area contributed by atoms with Crippen LogP contribution in [0.2, 0.25) is 0 Å². The molecule has 1 aromatic heterocycles. The maximum absolute atomic E-state index is 13.2. The van der Waals surface area contributed by atoms with Crippen LogP contribution < -0.4 is 5.32 Å². The van der Waals surface area contributed by atoms with Crippen molar-refractivity contribution in [1.29, 1.82) is 0 Å². The van der Waals surface area contributed by atoms with Gasteiger partial charge in [0.1, 0.15) is 5.82 Å². The van der Waals surface area contributed by atoms with Gasteiger partial charge in [-0.1, -0.05) is 24.3 Å². The van der Waals surface area contributed by atoms with Crippen molar-refractivity contribution in [3.8, 4) is 5.69 Å². The van der Waals surface area contributed by atoms with Gasteiger partial charge < -0.3 is 10.1 Å². The Bertz CT molecular complexity index is 996. The lowest BCUT2D eigenvalue weighted by atomic mass is 10.1. The third kappa shape index (κ3) is 3.68. The van der Waals surface area contributed by atoms with Crippen LogP contribution in [-0.2, 0) is 30.7 Å². The van der Waals surface area contributed by atoms with Crippen molar-refractivity contribution in [3.63, 3.8) is 0 Å². The highest BCUT2D eigenvalue weighted by Gasteiger charge is 2.26. The summed E-state index contributed by atoms with van der Waals surface area (Å²) in [5, 5.41) is 7.53. The van der Waals surface area contributed by atoms with Crippen molar-refractivity contribution in [1.82, 2.24) is 15.1 Å². The average Bonchev–Trinajstić information content (AvgIpc) is 3.30. The lowest BCUT2D eigenvalue weighted by Gasteiger charge is -2.07. The van der Waals surface area contributed by atoms with Gasteiger partial charge in [0.05, 0.1) is 12.3 Å². The van der Waals surface area contributed by atoms with Gasteiger partial charge in [0.15, 0.2) is 5.69 Å². The molecule has 3 aromatic rings. The van der Waals surface area contributed by atoms with Gasteiger partial charge in [0.2, 0.25) is 0 Å². The number of carbonyl (C=O) groups excluding carboxylic acids is 1. The van der Waals surface area contributed by atoms with E-state index in [4.69, 9.17) is 4.74 Å². The Morgan fingerprint density at radius 1 is 1.18 bits per heavy atom. The molecule has 6 heteroatoms. The molecule has 1 aliphatic rings. The van der Waals surface area contributed by atoms with E-state index in [1.165, 1.54) is 12.1 Å². The highest BCUT2D eigenvalue weighted by atomic mass is 19.1. The van der Waals surface area contributed by atoms with Crippen LogP contribution in [0.3, 0.4) is 0 Å². The summed E-state index contributed by atoms with van der Waals surface area (Å²) in [6.07, 6.45) is 2.70. The second-order valence-electron chi connectivity index (χ2n) is 6.95. The summed E-state index contributed by atoms with van der Waals surface area (Å²) in [7, 11) is 1.66. The maximum atomic E-state index is 13.2. The SMILES string of the molecule is COCc1cccc(CNC(=O)c2nn(-c3ccc(F)cc3)c3c2CCC3)c1. The van der Waals surface area contributed by atoms with Crippen LogP contribution in [-0.4, -0.2) is 22.8 Å². The molecule has 0 fully saturated rings. The quantitative estimate of drug-likeness (QED) is 0.712. The van der Waals surface area contributed by atoms with Gasteiger partial charge in [-0.3, -0.25) is 4.79 Å². The lowest BCUT2D eigenvalue weighted by molar-refractivity contribution is 0.0944. The van der Waals surface area contributed by atoms with Gasteiger partial charge >= 0.3 is 0 Å². The summed E-state index contributed by atoms with van der Waals surface area (Å²) in [6.45, 7) is 0.964. The third-order valence-corrected chi connectivity index (χ3v) is 4.97. The first kappa shape index (κ1) is 18.4. The van der Waals surface area contributed by atoms with E-state index >= 15 is 0 Å². The van der Waals surface area contributed by atoms with Gasteiger partial charge in [-0.25, -0.2) is 9.07 Å². The van der Waals surface area contributed by atoms with E-state index in [2.05, 4.69) is 10.4 Å². The van der Waals surface area contributed by atoms with E-state index in [1.807, 2.05) is 24.3 Å². The van der Waals surface area contributed by atoms with Gasteiger partial charge in [-0.15, -0.1) is 0 Å². The number of ether oxygens (including phenoxy) is 1. The number of fused-ring (bicyclic) bond motifs is 1. The molecule has 1 aliphatic carbocycles. The normalized spacial score (nSPS) is 12.8. The van der Waals surface area contributed by atoms with Crippen molar-refractivity contribution >= 4 is 5.91 Å². The number of hydrogen-bond acceptors (Lipinski definition) is 3. The number of halogens is 1. The molecule has 0 aliphatic heterocycles. The summed E-state index contributed by atoms with van der Waals surface area (Å²) in [5.41, 5.74) is 5.35. The molecular formula is C22H22FN3O2. The van der Waals surface area contributed by atoms with E-state index in [-0.39, 0.29) is 11.7 Å². The number of nitrogens with one attached hydrogen (secondary N) is 1. The minimum Gasteiger partial charge on any atom is -0.380 e. The number of methoxy groups -OCH3 is 1. The number of aromatic nitrogens is 2. The van der Waals surface area contributed by atoms with Crippen molar-refractivity contribution in [2.75, 3.05) is 7.11 Å². The predicted octanol–water partition coefficient (Wildman–Crippen LogP) is 3.58. The number of carbonyl (C=O) groups is 1. The summed E-state index contributed by atoms with van der Waals surface area (Å²) in [6, 6.07) is 14.1. The number of benzene rings is 2. The highest BCUT2D eigenvalue weighted by molar-refractivity contribution is 5.94. The fourth-order valence-electron chi connectivity index (χ4n) is 3.68. The van der Waals surface area contributed by atoms with Crippen molar-refractivity contribution in [3.05, 3.63) is 82.4 Å². The minimum absolute atomic E-state index is 0.184. The molecule has 144 valence electrons. The van der Waals surface area contributed by atoms with Gasteiger partial charge in [-0.05, 0) is 54.7 Å². The van der Waals surface area contributed by atoms with E-state index in [0.717, 1.165) is 47.3 Å². The molecule has 4 rings (SSSR count). The van der Waals surface area contributed by atoms with Crippen molar-refractivity contribution in [2.24, 2.45) is 0 Å². The van der Waals surface area contributed by atoms with Gasteiger partial charge in [-0.2, -0.15) is 5.10 Å². The first-order valence-electron chi connectivity index (χ1n) is 9.37. The van der Waals surface area contributed by atoms with E-state index in [1.54, 1.807) is 23.9 Å². The summed E-state index contributed by atoms with van der Waals surface area (Å²) in [4.78, 5) is 12.8. The van der Waals surface area contributed by atoms with Gasteiger partial charge in [0.25, 0.3) is 5.91 Å². The number of rotatable bonds is 6. The lowest BCUT2D eigenvalue weighted by Crippen LogP contribution is -2.24. The Balaban J connectivity index is 1.54. The topological polar surface area (TPSA) is 56.1 Å². The highest BCUT2D eigenvalue weighted by Crippen LogP contribution is 2.28. The van der Waals surface area contributed by atoms with Crippen molar-refractivity contribution in [2.45, 2.75) is 32.4 Å². The monoisotopic (exact) mass is 379 g/mol. The molecule has 28 heavy (non-hydrogen) atoms. The zero-order valence-corrected chi connectivity index (χ0v) is 15.7. The molecule has 0 spiro atoms. The third-order valence-electron chi connectivity index (χ3n) is 4.97.